The summed E-state index contributed by atoms with van der Waals surface area (Å²) in [6, 6.07) is 18.7. The number of amides is 3. The van der Waals surface area contributed by atoms with E-state index in [-0.39, 0.29) is 159 Å². The molecule has 17 aromatic rings. The van der Waals surface area contributed by atoms with Crippen LogP contribution in [0.2, 0.25) is 0 Å². The molecule has 1 aliphatic rings. The minimum atomic E-state index is -0.868. The molecule has 1 saturated heterocycles. The van der Waals surface area contributed by atoms with Crippen LogP contribution in [0.25, 0.3) is 39.1 Å². The van der Waals surface area contributed by atoms with E-state index in [0.717, 1.165) is 58.1 Å². The van der Waals surface area contributed by atoms with Crippen LogP contribution in [0.4, 0.5) is 146 Å². The van der Waals surface area contributed by atoms with Crippen molar-refractivity contribution in [3.8, 4) is 41.1 Å². The van der Waals surface area contributed by atoms with Crippen LogP contribution in [-0.4, -0.2) is 239 Å². The molecular formula is C80H80N64O5S. The number of hydrogen-bond acceptors (Lipinski definition) is 60. The van der Waals surface area contributed by atoms with Crippen molar-refractivity contribution in [3.63, 3.8) is 0 Å². The molecule has 0 unspecified atom stereocenters. The van der Waals surface area contributed by atoms with Crippen molar-refractivity contribution in [3.05, 3.63) is 179 Å². The van der Waals surface area contributed by atoms with Gasteiger partial charge in [0.25, 0.3) is 41.6 Å². The van der Waals surface area contributed by atoms with E-state index in [1.165, 1.54) is 95.1 Å². The number of para-hydroxylation sites is 1. The Labute approximate surface area is 843 Å². The van der Waals surface area contributed by atoms with Gasteiger partial charge in [-0.2, -0.15) is 124 Å². The van der Waals surface area contributed by atoms with Gasteiger partial charge in [0.2, 0.25) is 58.5 Å². The van der Waals surface area contributed by atoms with Crippen molar-refractivity contribution < 1.29 is 14.4 Å². The van der Waals surface area contributed by atoms with Crippen molar-refractivity contribution in [2.75, 3.05) is 118 Å². The van der Waals surface area contributed by atoms with E-state index in [0.29, 0.717) is 51.7 Å². The highest BCUT2D eigenvalue weighted by Gasteiger charge is 2.24. The number of nitrogens with two attached hydrogens (primary N) is 7. The van der Waals surface area contributed by atoms with Crippen LogP contribution in [0.5, 0.6) is 0 Å². The molecule has 0 bridgehead atoms. The standard InChI is InChI=1S/C25H21N19O2.C20H21N9S.C14H17N11.C12H12N12O.C9H9N13O2/c26-7-14(8-27)10-35-41-16-12-33-23(34-13-16)37-17(45)3-1-4-18(46)38-24-39-20(29)19(21(30)40-24)42-43-22-15(9-28)11-36-44(22)25-31-5-2-6-32-25;1-13-11-16(28-9-5-6-10-28)25-18(21-2)17(13)26-27-19-22-12-23-29(19)20-24-14-7-3-4-8-15(14)30-20;1-9-10(11(15-2)21-14(20-9)24(3)4)22-23-13-18-8-19-25(13)12-16-6-5-7-17-12;1-6(25)19-9-7(8(13)20-10(14)21-9)22-23-12-17-5-18-24(12)11-15-3-2-4-16-11;10-3-2(4(11)16-5(12)15-3)20-21-6-13-1-14-22(6)7-17-8(23)19-9(24)18-7/h2,5-7,10-13,26H,1,3-4H2,(H,33,34,37,45)(H5,29,30,38,39,40,46);3-4,7-8,11-12H,5-6,9-10H2,1-2H3,(H,21,25);5-8H,1-4H3,(H,15,20,21);2-5H,1H3,(H5,13,14,19,20,21,25);1H,(H6,10,11,12,15,16)(H2,17,18,19,23,24)/b14-10-,26-7?,41-35?,43-42?;;;;. The summed E-state index contributed by atoms with van der Waals surface area (Å²) in [6.07, 6.45) is 22.8. The lowest BCUT2D eigenvalue weighted by atomic mass is 10.2. The maximum Gasteiger partial charge on any atom is 0.352 e. The lowest BCUT2D eigenvalue weighted by molar-refractivity contribution is -0.117. The molecule has 150 heavy (non-hydrogen) atoms. The first kappa shape index (κ1) is 103. The fourth-order valence-electron chi connectivity index (χ4n) is 12.2. The summed E-state index contributed by atoms with van der Waals surface area (Å²) in [5, 5.41) is 108. The summed E-state index contributed by atoms with van der Waals surface area (Å²) in [5.74, 6) is 1.72. The maximum atomic E-state index is 12.4. The van der Waals surface area contributed by atoms with Crippen molar-refractivity contribution in [1.82, 2.24) is 174 Å². The average Bonchev–Trinajstić information content (AvgIpc) is 1.40. The van der Waals surface area contributed by atoms with Crippen molar-refractivity contribution in [2.45, 2.75) is 52.9 Å². The zero-order valence-electron chi connectivity index (χ0n) is 79.1. The molecule has 1 aliphatic heterocycles. The van der Waals surface area contributed by atoms with E-state index in [9.17, 15) is 29.2 Å². The van der Waals surface area contributed by atoms with E-state index in [4.69, 9.17) is 55.8 Å². The quantitative estimate of drug-likeness (QED) is 0.0124. The fraction of sp³-hybridized carbons (Fsp3) is 0.175. The number of anilines is 14. The van der Waals surface area contributed by atoms with Crippen molar-refractivity contribution in [2.24, 2.45) is 61.4 Å². The summed E-state index contributed by atoms with van der Waals surface area (Å²) < 4.78 is 7.54. The second-order valence-corrected chi connectivity index (χ2v) is 30.6. The first-order valence-electron chi connectivity index (χ1n) is 43.1. The highest BCUT2D eigenvalue weighted by molar-refractivity contribution is 7.20. The van der Waals surface area contributed by atoms with Crippen molar-refractivity contribution >= 4 is 191 Å². The molecule has 0 spiro atoms. The molecule has 18 rings (SSSR count). The molecule has 22 N–H and O–H groups in total. The third-order valence-electron chi connectivity index (χ3n) is 19.0. The van der Waals surface area contributed by atoms with E-state index < -0.39 is 23.2 Å². The van der Waals surface area contributed by atoms with Crippen LogP contribution in [0.15, 0.2) is 212 Å². The van der Waals surface area contributed by atoms with Gasteiger partial charge >= 0.3 is 11.4 Å². The number of hydrogen-bond donors (Lipinski definition) is 15. The Morgan fingerprint density at radius 3 is 1.56 bits per heavy atom. The second kappa shape index (κ2) is 49.1. The summed E-state index contributed by atoms with van der Waals surface area (Å²) in [4.78, 5) is 160. The number of thiazole rings is 1. The van der Waals surface area contributed by atoms with Gasteiger partial charge in [-0.25, -0.2) is 64.4 Å². The van der Waals surface area contributed by atoms with Gasteiger partial charge in [0, 0.05) is 104 Å². The molecular weight excluding hydrogens is 1970 g/mol. The third kappa shape index (κ3) is 26.8. The zero-order chi connectivity index (χ0) is 106. The predicted octanol–water partition coefficient (Wildman–Crippen LogP) is 7.27. The van der Waals surface area contributed by atoms with Crippen LogP contribution in [-0.2, 0) is 14.4 Å². The number of nitrogens with zero attached hydrogens (tertiary/aromatic N) is 49. The average molecular weight is 2050 g/mol. The number of allylic oxidation sites excluding steroid dienone is 1. The Hall–Kier alpha value is -22.5. The lowest BCUT2D eigenvalue weighted by Gasteiger charge is -2.18. The molecule has 70 heteroatoms. The number of nitrogens with one attached hydrogen (secondary N) is 8. The smallest absolute Gasteiger partial charge is 0.352 e. The molecule has 0 aliphatic carbocycles. The molecule has 0 atom stereocenters. The zero-order valence-corrected chi connectivity index (χ0v) is 79.9. The topological polar surface area (TPSA) is 971 Å². The highest BCUT2D eigenvalue weighted by atomic mass is 32.1. The number of aryl methyl sites for hydroxylation is 2. The van der Waals surface area contributed by atoms with E-state index in [1.807, 2.05) is 75.2 Å². The molecule has 0 saturated carbocycles. The summed E-state index contributed by atoms with van der Waals surface area (Å²) in [5.41, 5.74) is 42.4. The van der Waals surface area contributed by atoms with Gasteiger partial charge in [-0.1, -0.05) is 23.5 Å². The van der Waals surface area contributed by atoms with Gasteiger partial charge in [-0.05, 0) is 75.1 Å². The molecule has 0 radical (unpaired) electrons. The number of carbonyl (C=O) groups excluding carboxylic acids is 3. The fourth-order valence-corrected chi connectivity index (χ4v) is 13.2. The maximum absolute atomic E-state index is 12.4. The molecule has 1 fully saturated rings. The Bertz CT molecular complexity index is 8060. The van der Waals surface area contributed by atoms with Gasteiger partial charge in [0.15, 0.2) is 69.4 Å². The van der Waals surface area contributed by atoms with E-state index in [1.54, 1.807) is 60.8 Å². The summed E-state index contributed by atoms with van der Waals surface area (Å²) in [7, 11) is 7.36. The normalized spacial score (nSPS) is 11.7. The number of nitriles is 2. The molecule has 3 amide bonds. The first-order valence-corrected chi connectivity index (χ1v) is 43.9. The second-order valence-electron chi connectivity index (χ2n) is 29.6. The molecule has 1 aromatic carbocycles. The van der Waals surface area contributed by atoms with Gasteiger partial charge in [-0.3, -0.25) is 35.0 Å². The van der Waals surface area contributed by atoms with Gasteiger partial charge in [-0.15, -0.1) is 56.3 Å². The first-order chi connectivity index (χ1) is 72.6. The van der Waals surface area contributed by atoms with Gasteiger partial charge in [0.05, 0.1) is 46.3 Å². The van der Waals surface area contributed by atoms with Crippen LogP contribution in [0.3, 0.4) is 0 Å². The number of nitrogen functional groups attached to an aromatic ring is 7. The Morgan fingerprint density at radius 1 is 0.513 bits per heavy atom. The van der Waals surface area contributed by atoms with Crippen LogP contribution < -0.4 is 87.9 Å². The number of carbonyl (C=O) groups is 3. The third-order valence-corrected chi connectivity index (χ3v) is 20.0. The monoisotopic (exact) mass is 2050 g/mol. The molecule has 16 aromatic heterocycles. The number of H-pyrrole nitrogens is 2. The number of rotatable bonds is 29. The van der Waals surface area contributed by atoms with Crippen LogP contribution >= 0.6 is 11.3 Å². The van der Waals surface area contributed by atoms with Crippen LogP contribution in [0, 0.1) is 41.9 Å². The van der Waals surface area contributed by atoms with E-state index >= 15 is 0 Å². The Kier molecular flexibility index (Phi) is 33.8. The number of aromatic nitrogens is 35. The highest BCUT2D eigenvalue weighted by Crippen LogP contribution is 2.38. The number of azo groups is 6. The van der Waals surface area contributed by atoms with Gasteiger partial charge in [0.1, 0.15) is 65.9 Å². The number of benzene rings is 1. The number of fused-ring (bicyclic) bond motifs is 1. The predicted molar refractivity (Wildman–Crippen MR) is 536 cm³/mol. The number of pyridine rings is 1. The summed E-state index contributed by atoms with van der Waals surface area (Å²) >= 11 is 1.54. The van der Waals surface area contributed by atoms with Gasteiger partial charge < -0.3 is 71.3 Å². The molecule has 69 nitrogen and oxygen atoms in total. The Balaban J connectivity index is 0.000000151. The van der Waals surface area contributed by atoms with E-state index in [2.05, 4.69) is 239 Å². The minimum absolute atomic E-state index is 0.0110. The molecule has 756 valence electrons. The largest absolute Gasteiger partial charge is 0.382 e. The number of aromatic amines is 2. The molecule has 17 heterocycles. The van der Waals surface area contributed by atoms with Crippen molar-refractivity contribution in [1.29, 1.82) is 15.9 Å². The lowest BCUT2D eigenvalue weighted by Crippen LogP contribution is -2.27. The SMILES string of the molecule is CC(=O)Nc1nc(N)nc(N)c1N=Nc1ncnn1-c1ncccn1.CNc1nc(N(C)C)nc(C)c1N=Nc1ncnn1-c1ncccn1.CNc1nc(N2CCCC2)cc(C)c1N=Nc1ncnn1-c1nc2ccccc2s1.N#C/C(C=N)=C\N=Nc1cnc(NC(=O)CCCC(=O)Nc2nc(N)c(N=Nc3c(C#N)cnn3-c3ncccn3)c(N)n2)nc1.Nc1nc(N)c(N=Nc2ncnn2-c2nc(=O)[nH]c(=O)[nH]2)c(N)n1. The Morgan fingerprint density at radius 2 is 1.01 bits per heavy atom. The summed E-state index contributed by atoms with van der Waals surface area (Å²) in [6.45, 7) is 7.26. The van der Waals surface area contributed by atoms with Crippen LogP contribution in [0.1, 0.15) is 55.8 Å². The minimum Gasteiger partial charge on any atom is -0.382 e.